The maximum atomic E-state index is 11.3. The molecule has 0 bridgehead atoms. The summed E-state index contributed by atoms with van der Waals surface area (Å²) in [6, 6.07) is 1.56. The number of nitrogens with two attached hydrogens (primary N) is 1. The van der Waals surface area contributed by atoms with Crippen LogP contribution < -0.4 is 11.1 Å². The van der Waals surface area contributed by atoms with Gasteiger partial charge in [0.2, 0.25) is 0 Å². The van der Waals surface area contributed by atoms with Crippen molar-refractivity contribution in [3.8, 4) is 0 Å². The molecule has 0 unspecified atom stereocenters. The van der Waals surface area contributed by atoms with Crippen molar-refractivity contribution in [3.05, 3.63) is 0 Å². The molecule has 0 amide bonds. The van der Waals surface area contributed by atoms with Gasteiger partial charge in [-0.05, 0) is 58.0 Å². The Morgan fingerprint density at radius 1 is 1.05 bits per heavy atom. The van der Waals surface area contributed by atoms with Crippen LogP contribution in [-0.2, 0) is 4.79 Å². The minimum absolute atomic E-state index is 0.223. The first-order valence-corrected chi connectivity index (χ1v) is 9.11. The lowest BCUT2D eigenvalue weighted by molar-refractivity contribution is -0.140. The van der Waals surface area contributed by atoms with Crippen LogP contribution >= 0.6 is 0 Å². The molecule has 0 aromatic carbocycles. The van der Waals surface area contributed by atoms with Gasteiger partial charge in [-0.1, -0.05) is 19.3 Å². The first-order chi connectivity index (χ1) is 10.7. The molecule has 2 saturated carbocycles. The number of nitrogens with one attached hydrogen (secondary N) is 1. The van der Waals surface area contributed by atoms with Crippen molar-refractivity contribution < 1.29 is 9.90 Å². The third kappa shape index (κ3) is 5.52. The predicted octanol–water partition coefficient (Wildman–Crippen LogP) is 1.96. The van der Waals surface area contributed by atoms with E-state index in [-0.39, 0.29) is 6.54 Å². The Bertz CT molecular complexity index is 324. The number of carboxylic acid groups (broad SMARTS) is 1. The standard InChI is InChI=1S/C17H33N3O2/c18-11-4-12-19-14-7-9-16(10-8-14)20(13-17(21)22)15-5-2-1-3-6-15/h14-16,19H,1-13,18H2,(H,21,22). The van der Waals surface area contributed by atoms with E-state index in [1.165, 1.54) is 32.1 Å². The Kier molecular flexibility index (Phi) is 7.63. The Morgan fingerprint density at radius 2 is 1.68 bits per heavy atom. The van der Waals surface area contributed by atoms with Gasteiger partial charge in [0.15, 0.2) is 0 Å². The molecule has 0 aliphatic heterocycles. The molecule has 0 aromatic heterocycles. The van der Waals surface area contributed by atoms with Gasteiger partial charge in [-0.25, -0.2) is 0 Å². The van der Waals surface area contributed by atoms with Crippen LogP contribution in [0.2, 0.25) is 0 Å². The van der Waals surface area contributed by atoms with E-state index in [2.05, 4.69) is 10.2 Å². The van der Waals surface area contributed by atoms with Crippen LogP contribution in [0.4, 0.5) is 0 Å². The smallest absolute Gasteiger partial charge is 0.317 e. The normalized spacial score (nSPS) is 27.2. The third-order valence-corrected chi connectivity index (χ3v) is 5.34. The largest absolute Gasteiger partial charge is 0.480 e. The van der Waals surface area contributed by atoms with Gasteiger partial charge < -0.3 is 16.2 Å². The van der Waals surface area contributed by atoms with Crippen molar-refractivity contribution in [1.82, 2.24) is 10.2 Å². The van der Waals surface area contributed by atoms with Crippen molar-refractivity contribution in [2.75, 3.05) is 19.6 Å². The molecular formula is C17H33N3O2. The molecule has 5 heteroatoms. The maximum absolute atomic E-state index is 11.3. The summed E-state index contributed by atoms with van der Waals surface area (Å²) in [5.74, 6) is -0.672. The summed E-state index contributed by atoms with van der Waals surface area (Å²) in [6.07, 6.45) is 11.8. The van der Waals surface area contributed by atoms with E-state index >= 15 is 0 Å². The molecule has 0 atom stereocenters. The molecule has 22 heavy (non-hydrogen) atoms. The molecule has 0 saturated heterocycles. The van der Waals surface area contributed by atoms with Gasteiger partial charge in [0.05, 0.1) is 6.54 Å². The van der Waals surface area contributed by atoms with Crippen molar-refractivity contribution in [2.24, 2.45) is 5.73 Å². The fourth-order valence-corrected chi connectivity index (χ4v) is 4.15. The number of hydrogen-bond donors (Lipinski definition) is 3. The molecule has 0 radical (unpaired) electrons. The van der Waals surface area contributed by atoms with Gasteiger partial charge in [-0.3, -0.25) is 9.69 Å². The van der Waals surface area contributed by atoms with Gasteiger partial charge in [-0.15, -0.1) is 0 Å². The SMILES string of the molecule is NCCCNC1CCC(N(CC(=O)O)C2CCCCC2)CC1. The number of rotatable bonds is 8. The van der Waals surface area contributed by atoms with E-state index in [9.17, 15) is 9.90 Å². The highest BCUT2D eigenvalue weighted by atomic mass is 16.4. The van der Waals surface area contributed by atoms with Crippen LogP contribution in [0.5, 0.6) is 0 Å². The van der Waals surface area contributed by atoms with E-state index < -0.39 is 5.97 Å². The minimum atomic E-state index is -0.672. The molecule has 2 rings (SSSR count). The molecule has 4 N–H and O–H groups in total. The number of carboxylic acids is 1. The second-order valence-corrected chi connectivity index (χ2v) is 6.96. The lowest BCUT2D eigenvalue weighted by Gasteiger charge is -2.42. The Labute approximate surface area is 134 Å². The second-order valence-electron chi connectivity index (χ2n) is 6.96. The lowest BCUT2D eigenvalue weighted by atomic mass is 9.86. The molecule has 2 aliphatic carbocycles. The van der Waals surface area contributed by atoms with E-state index in [0.29, 0.717) is 18.1 Å². The molecule has 2 aliphatic rings. The molecule has 5 nitrogen and oxygen atoms in total. The lowest BCUT2D eigenvalue weighted by Crippen LogP contribution is -2.49. The highest BCUT2D eigenvalue weighted by Crippen LogP contribution is 2.30. The van der Waals surface area contributed by atoms with Gasteiger partial charge in [0, 0.05) is 18.1 Å². The van der Waals surface area contributed by atoms with Crippen LogP contribution in [0.15, 0.2) is 0 Å². The van der Waals surface area contributed by atoms with Crippen molar-refractivity contribution in [2.45, 2.75) is 82.3 Å². The van der Waals surface area contributed by atoms with Crippen molar-refractivity contribution >= 4 is 5.97 Å². The maximum Gasteiger partial charge on any atom is 0.317 e. The van der Waals surface area contributed by atoms with E-state index in [4.69, 9.17) is 5.73 Å². The van der Waals surface area contributed by atoms with Gasteiger partial charge in [0.25, 0.3) is 0 Å². The summed E-state index contributed by atoms with van der Waals surface area (Å²) in [5, 5.41) is 12.9. The van der Waals surface area contributed by atoms with Crippen molar-refractivity contribution in [3.63, 3.8) is 0 Å². The topological polar surface area (TPSA) is 78.6 Å². The first kappa shape index (κ1) is 17.7. The molecule has 0 heterocycles. The fourth-order valence-electron chi connectivity index (χ4n) is 4.15. The molecule has 0 spiro atoms. The predicted molar refractivity (Wildman–Crippen MR) is 88.9 cm³/mol. The Balaban J connectivity index is 1.82. The average molecular weight is 311 g/mol. The van der Waals surface area contributed by atoms with E-state index in [0.717, 1.165) is 45.2 Å². The summed E-state index contributed by atoms with van der Waals surface area (Å²) in [5.41, 5.74) is 5.53. The van der Waals surface area contributed by atoms with E-state index in [1.54, 1.807) is 0 Å². The van der Waals surface area contributed by atoms with Crippen molar-refractivity contribution in [1.29, 1.82) is 0 Å². The highest BCUT2D eigenvalue weighted by Gasteiger charge is 2.32. The van der Waals surface area contributed by atoms with Crippen LogP contribution in [-0.4, -0.2) is 53.7 Å². The minimum Gasteiger partial charge on any atom is -0.480 e. The Morgan fingerprint density at radius 3 is 2.27 bits per heavy atom. The number of carbonyl (C=O) groups is 1. The first-order valence-electron chi connectivity index (χ1n) is 9.11. The molecule has 2 fully saturated rings. The quantitative estimate of drug-likeness (QED) is 0.597. The Hall–Kier alpha value is -0.650. The summed E-state index contributed by atoms with van der Waals surface area (Å²) < 4.78 is 0. The monoisotopic (exact) mass is 311 g/mol. The average Bonchev–Trinajstić information content (AvgIpc) is 2.54. The fraction of sp³-hybridized carbons (Fsp3) is 0.941. The van der Waals surface area contributed by atoms with Crippen LogP contribution in [0.3, 0.4) is 0 Å². The zero-order chi connectivity index (χ0) is 15.8. The van der Waals surface area contributed by atoms with Crippen LogP contribution in [0, 0.1) is 0 Å². The molecule has 128 valence electrons. The van der Waals surface area contributed by atoms with Crippen LogP contribution in [0.25, 0.3) is 0 Å². The second kappa shape index (κ2) is 9.48. The van der Waals surface area contributed by atoms with Crippen LogP contribution in [0.1, 0.15) is 64.2 Å². The summed E-state index contributed by atoms with van der Waals surface area (Å²) >= 11 is 0. The number of aliphatic carboxylic acids is 1. The molecular weight excluding hydrogens is 278 g/mol. The summed E-state index contributed by atoms with van der Waals surface area (Å²) in [4.78, 5) is 13.6. The van der Waals surface area contributed by atoms with Gasteiger partial charge in [0.1, 0.15) is 0 Å². The van der Waals surface area contributed by atoms with E-state index in [1.807, 2.05) is 0 Å². The zero-order valence-electron chi connectivity index (χ0n) is 13.8. The van der Waals surface area contributed by atoms with Gasteiger partial charge >= 0.3 is 5.97 Å². The van der Waals surface area contributed by atoms with Gasteiger partial charge in [-0.2, -0.15) is 0 Å². The molecule has 0 aromatic rings. The third-order valence-electron chi connectivity index (χ3n) is 5.34. The zero-order valence-corrected chi connectivity index (χ0v) is 13.8. The highest BCUT2D eigenvalue weighted by molar-refractivity contribution is 5.69. The number of nitrogens with zero attached hydrogens (tertiary/aromatic N) is 1. The summed E-state index contributed by atoms with van der Waals surface area (Å²) in [7, 11) is 0. The number of hydrogen-bond acceptors (Lipinski definition) is 4. The summed E-state index contributed by atoms with van der Waals surface area (Å²) in [6.45, 7) is 1.98.